The Morgan fingerprint density at radius 2 is 2.25 bits per heavy atom. The number of nitrogens with one attached hydrogen (secondary N) is 1. The fourth-order valence-electron chi connectivity index (χ4n) is 1.77. The highest BCUT2D eigenvalue weighted by Gasteiger charge is 2.13. The number of nitrogens with two attached hydrogens (primary N) is 1. The Labute approximate surface area is 133 Å². The van der Waals surface area contributed by atoms with Gasteiger partial charge in [0.15, 0.2) is 0 Å². The quantitative estimate of drug-likeness (QED) is 0.348. The maximum atomic E-state index is 12.1. The second-order valence-corrected chi connectivity index (χ2v) is 6.63. The van der Waals surface area contributed by atoms with Crippen molar-refractivity contribution in [3.63, 3.8) is 0 Å². The third kappa shape index (κ3) is 2.91. The van der Waals surface area contributed by atoms with Gasteiger partial charge in [-0.05, 0) is 48.1 Å². The van der Waals surface area contributed by atoms with Crippen molar-refractivity contribution in [1.29, 1.82) is 0 Å². The van der Waals surface area contributed by atoms with Gasteiger partial charge in [0, 0.05) is 11.1 Å². The highest BCUT2D eigenvalue weighted by atomic mass is 127. The maximum absolute atomic E-state index is 12.1. The number of thiophene rings is 1. The first kappa shape index (κ1) is 15.1. The number of rotatable bonds is 3. The zero-order chi connectivity index (χ0) is 14.9. The van der Waals surface area contributed by atoms with Crippen LogP contribution in [0.3, 0.4) is 0 Å². The summed E-state index contributed by atoms with van der Waals surface area (Å²) in [4.78, 5) is 29.3. The van der Waals surface area contributed by atoms with E-state index in [1.807, 2.05) is 29.5 Å². The van der Waals surface area contributed by atoms with Gasteiger partial charge in [0.05, 0.1) is 15.0 Å². The Morgan fingerprint density at radius 1 is 1.55 bits per heavy atom. The molecule has 6 nitrogen and oxygen atoms in total. The standard InChI is InChI=1S/C12H13IN4O2S/c1-6-8(3-10(20-6)11(18)16-14)5-17-7(2)15-4-9(13)12(17)19/h3-4H,5,14H2,1-2H3,(H,16,18). The number of carbonyl (C=O) groups excluding carboxylic acids is 1. The minimum absolute atomic E-state index is 0.0754. The van der Waals surface area contributed by atoms with Crippen LogP contribution in [0.2, 0.25) is 0 Å². The first-order chi connectivity index (χ1) is 9.43. The monoisotopic (exact) mass is 404 g/mol. The van der Waals surface area contributed by atoms with Crippen LogP contribution in [0, 0.1) is 17.4 Å². The fraction of sp³-hybridized carbons (Fsp3) is 0.250. The van der Waals surface area contributed by atoms with Crippen molar-refractivity contribution in [2.75, 3.05) is 0 Å². The average molecular weight is 404 g/mol. The van der Waals surface area contributed by atoms with Crippen molar-refractivity contribution < 1.29 is 4.79 Å². The zero-order valence-electron chi connectivity index (χ0n) is 10.9. The SMILES string of the molecule is Cc1sc(C(=O)NN)cc1Cn1c(C)ncc(I)c1=O. The van der Waals surface area contributed by atoms with Crippen LogP contribution < -0.4 is 16.8 Å². The molecule has 0 saturated carbocycles. The van der Waals surface area contributed by atoms with Gasteiger partial charge in [0.1, 0.15) is 5.82 Å². The zero-order valence-corrected chi connectivity index (χ0v) is 13.9. The Morgan fingerprint density at radius 3 is 2.90 bits per heavy atom. The first-order valence-corrected chi connectivity index (χ1v) is 7.65. The second kappa shape index (κ2) is 6.02. The summed E-state index contributed by atoms with van der Waals surface area (Å²) in [5.74, 6) is 5.44. The van der Waals surface area contributed by atoms with E-state index in [0.717, 1.165) is 10.4 Å². The molecular weight excluding hydrogens is 391 g/mol. The summed E-state index contributed by atoms with van der Waals surface area (Å²) in [5, 5.41) is 0. The smallest absolute Gasteiger partial charge is 0.275 e. The molecule has 0 unspecified atom stereocenters. The second-order valence-electron chi connectivity index (χ2n) is 4.21. The molecule has 2 rings (SSSR count). The summed E-state index contributed by atoms with van der Waals surface area (Å²) < 4.78 is 2.17. The third-order valence-electron chi connectivity index (χ3n) is 2.91. The van der Waals surface area contributed by atoms with Gasteiger partial charge in [-0.2, -0.15) is 0 Å². The normalized spacial score (nSPS) is 10.6. The number of aromatic nitrogens is 2. The van der Waals surface area contributed by atoms with Gasteiger partial charge in [-0.25, -0.2) is 10.8 Å². The summed E-state index contributed by atoms with van der Waals surface area (Å²) in [7, 11) is 0. The van der Waals surface area contributed by atoms with Crippen LogP contribution in [0.1, 0.15) is 25.9 Å². The number of halogens is 1. The van der Waals surface area contributed by atoms with E-state index < -0.39 is 0 Å². The summed E-state index contributed by atoms with van der Waals surface area (Å²) in [6, 6.07) is 1.76. The minimum Gasteiger partial charge on any atom is -0.291 e. The van der Waals surface area contributed by atoms with Crippen LogP contribution >= 0.6 is 33.9 Å². The molecule has 0 spiro atoms. The number of amides is 1. The lowest BCUT2D eigenvalue weighted by atomic mass is 10.2. The molecule has 2 aromatic heterocycles. The van der Waals surface area contributed by atoms with Crippen molar-refractivity contribution in [3.8, 4) is 0 Å². The Hall–Kier alpha value is -1.26. The van der Waals surface area contributed by atoms with Crippen molar-refractivity contribution in [3.05, 3.63) is 47.3 Å². The van der Waals surface area contributed by atoms with Gasteiger partial charge >= 0.3 is 0 Å². The van der Waals surface area contributed by atoms with E-state index in [1.165, 1.54) is 11.3 Å². The van der Waals surface area contributed by atoms with Crippen LogP contribution in [0.25, 0.3) is 0 Å². The predicted molar refractivity (Wildman–Crippen MR) is 85.8 cm³/mol. The van der Waals surface area contributed by atoms with Gasteiger partial charge in [0.25, 0.3) is 11.5 Å². The summed E-state index contributed by atoms with van der Waals surface area (Å²) in [5.41, 5.74) is 2.95. The molecule has 0 radical (unpaired) electrons. The number of hydrazine groups is 1. The molecule has 8 heteroatoms. The number of carbonyl (C=O) groups is 1. The van der Waals surface area contributed by atoms with Crippen molar-refractivity contribution in [2.45, 2.75) is 20.4 Å². The van der Waals surface area contributed by atoms with Crippen molar-refractivity contribution in [1.82, 2.24) is 15.0 Å². The molecule has 106 valence electrons. The predicted octanol–water partition coefficient (Wildman–Crippen LogP) is 1.18. The molecule has 0 aromatic carbocycles. The molecule has 0 atom stereocenters. The molecule has 0 aliphatic carbocycles. The molecule has 3 N–H and O–H groups in total. The molecule has 0 saturated heterocycles. The molecular formula is C12H13IN4O2S. The van der Waals surface area contributed by atoms with Gasteiger partial charge in [-0.15, -0.1) is 11.3 Å². The topological polar surface area (TPSA) is 90.0 Å². The highest BCUT2D eigenvalue weighted by Crippen LogP contribution is 2.22. The van der Waals surface area contributed by atoms with Crippen LogP contribution in [0.4, 0.5) is 0 Å². The fourth-order valence-corrected chi connectivity index (χ4v) is 3.13. The Kier molecular flexibility index (Phi) is 4.55. The largest absolute Gasteiger partial charge is 0.291 e. The third-order valence-corrected chi connectivity index (χ3v) is 4.74. The van der Waals surface area contributed by atoms with Crippen LogP contribution in [0.15, 0.2) is 17.1 Å². The number of hydrogen-bond acceptors (Lipinski definition) is 5. The lowest BCUT2D eigenvalue weighted by Crippen LogP contribution is -2.29. The van der Waals surface area contributed by atoms with E-state index in [0.29, 0.717) is 20.8 Å². The Bertz CT molecular complexity index is 723. The first-order valence-electron chi connectivity index (χ1n) is 5.76. The molecule has 2 heterocycles. The van der Waals surface area contributed by atoms with E-state index >= 15 is 0 Å². The van der Waals surface area contributed by atoms with E-state index in [-0.39, 0.29) is 11.5 Å². The highest BCUT2D eigenvalue weighted by molar-refractivity contribution is 14.1. The van der Waals surface area contributed by atoms with Crippen LogP contribution in [0.5, 0.6) is 0 Å². The minimum atomic E-state index is -0.325. The van der Waals surface area contributed by atoms with Crippen molar-refractivity contribution >= 4 is 39.8 Å². The summed E-state index contributed by atoms with van der Waals surface area (Å²) >= 11 is 3.32. The van der Waals surface area contributed by atoms with Gasteiger partial charge in [-0.1, -0.05) is 0 Å². The molecule has 0 aliphatic heterocycles. The summed E-state index contributed by atoms with van der Waals surface area (Å²) in [6.45, 7) is 4.09. The molecule has 0 aliphatic rings. The Balaban J connectivity index is 2.41. The number of nitrogen functional groups attached to an aromatic ring is 1. The molecule has 2 aromatic rings. The van der Waals surface area contributed by atoms with Gasteiger partial charge < -0.3 is 0 Å². The number of hydrogen-bond donors (Lipinski definition) is 2. The molecule has 0 fully saturated rings. The maximum Gasteiger partial charge on any atom is 0.275 e. The lowest BCUT2D eigenvalue weighted by molar-refractivity contribution is 0.0957. The lowest BCUT2D eigenvalue weighted by Gasteiger charge is -2.08. The van der Waals surface area contributed by atoms with Gasteiger partial charge in [-0.3, -0.25) is 19.6 Å². The summed E-state index contributed by atoms with van der Waals surface area (Å²) in [6.07, 6.45) is 1.56. The van der Waals surface area contributed by atoms with Crippen LogP contribution in [-0.4, -0.2) is 15.5 Å². The average Bonchev–Trinajstić information content (AvgIpc) is 2.79. The van der Waals surface area contributed by atoms with E-state index in [9.17, 15) is 9.59 Å². The van der Waals surface area contributed by atoms with E-state index in [4.69, 9.17) is 5.84 Å². The molecule has 1 amide bonds. The molecule has 20 heavy (non-hydrogen) atoms. The van der Waals surface area contributed by atoms with Crippen molar-refractivity contribution in [2.24, 2.45) is 5.84 Å². The number of nitrogens with zero attached hydrogens (tertiary/aromatic N) is 2. The van der Waals surface area contributed by atoms with Crippen LogP contribution in [-0.2, 0) is 6.54 Å². The van der Waals surface area contributed by atoms with Gasteiger partial charge in [0.2, 0.25) is 0 Å². The molecule has 0 bridgehead atoms. The number of aryl methyl sites for hydroxylation is 2. The van der Waals surface area contributed by atoms with E-state index in [2.05, 4.69) is 10.4 Å². The van der Waals surface area contributed by atoms with E-state index in [1.54, 1.807) is 23.8 Å².